The van der Waals surface area contributed by atoms with Gasteiger partial charge in [0.05, 0.1) is 30.5 Å². The number of carbonyl (C=O) groups is 1. The average molecular weight is 626 g/mol. The number of amides is 1. The van der Waals surface area contributed by atoms with E-state index in [-0.39, 0.29) is 19.1 Å². The summed E-state index contributed by atoms with van der Waals surface area (Å²) in [5.41, 5.74) is 1.93. The van der Waals surface area contributed by atoms with Crippen LogP contribution in [0, 0.1) is 0 Å². The van der Waals surface area contributed by atoms with Crippen LogP contribution in [0.5, 0.6) is 0 Å². The van der Waals surface area contributed by atoms with Crippen LogP contribution < -0.4 is 5.32 Å². The van der Waals surface area contributed by atoms with Crippen molar-refractivity contribution in [3.8, 4) is 0 Å². The van der Waals surface area contributed by atoms with E-state index in [4.69, 9.17) is 40.0 Å². The summed E-state index contributed by atoms with van der Waals surface area (Å²) in [5.74, 6) is -0.308. The van der Waals surface area contributed by atoms with Gasteiger partial charge in [0.2, 0.25) is 5.91 Å². The first-order valence-electron chi connectivity index (χ1n) is 13.9. The lowest BCUT2D eigenvalue weighted by Gasteiger charge is -2.48. The van der Waals surface area contributed by atoms with Crippen LogP contribution in [0.1, 0.15) is 18.1 Å². The number of ether oxygens (including phenoxy) is 6. The first-order chi connectivity index (χ1) is 20.6. The summed E-state index contributed by atoms with van der Waals surface area (Å²) in [7, 11) is 0. The second-order valence-corrected chi connectivity index (χ2v) is 11.1. The van der Waals surface area contributed by atoms with Crippen molar-refractivity contribution < 1.29 is 58.7 Å². The quantitative estimate of drug-likeness (QED) is 0.221. The molecule has 3 aliphatic heterocycles. The molecule has 0 radical (unpaired) electrons. The summed E-state index contributed by atoms with van der Waals surface area (Å²) in [6.45, 7) is 0.668. The van der Waals surface area contributed by atoms with Gasteiger partial charge >= 0.3 is 0 Å². The van der Waals surface area contributed by atoms with Gasteiger partial charge in [-0.25, -0.2) is 0 Å². The minimum atomic E-state index is -1.63. The molecule has 0 aromatic heterocycles. The fourth-order valence-electron chi connectivity index (χ4n) is 5.29. The van der Waals surface area contributed by atoms with Crippen LogP contribution in [0.4, 0.5) is 5.69 Å². The van der Waals surface area contributed by atoms with Crippen LogP contribution in [0.3, 0.4) is 0 Å². The van der Waals surface area contributed by atoms with Crippen LogP contribution in [0.25, 0.3) is 0 Å². The third-order valence-electron chi connectivity index (χ3n) is 7.51. The lowest BCUT2D eigenvalue weighted by Crippen LogP contribution is -2.66. The predicted octanol–water partition coefficient (Wildman–Crippen LogP) is 0.0701. The predicted molar refractivity (Wildman–Crippen MR) is 149 cm³/mol. The Hall–Kier alpha value is -2.24. The van der Waals surface area contributed by atoms with Gasteiger partial charge in [0.25, 0.3) is 0 Å². The van der Waals surface area contributed by atoms with Gasteiger partial charge in [-0.05, 0) is 23.3 Å². The number of fused-ring (bicyclic) bond motifs is 1. The summed E-state index contributed by atoms with van der Waals surface area (Å²) in [6, 6.07) is 14.3. The Kier molecular flexibility index (Phi) is 10.7. The first-order valence-corrected chi connectivity index (χ1v) is 14.3. The molecule has 0 saturated carbocycles. The molecule has 0 bridgehead atoms. The third-order valence-corrected chi connectivity index (χ3v) is 7.84. The number of hydrogen-bond acceptors (Lipinski definition) is 12. The van der Waals surface area contributed by atoms with Crippen LogP contribution >= 0.6 is 11.6 Å². The molecule has 2 aromatic carbocycles. The van der Waals surface area contributed by atoms with Crippen molar-refractivity contribution >= 4 is 23.2 Å². The maximum Gasteiger partial charge on any atom is 0.221 e. The fraction of sp³-hybridized carbons (Fsp3) is 0.552. The van der Waals surface area contributed by atoms with Crippen LogP contribution in [0.15, 0.2) is 48.5 Å². The molecule has 0 spiro atoms. The van der Waals surface area contributed by atoms with Crippen LogP contribution in [0.2, 0.25) is 5.02 Å². The van der Waals surface area contributed by atoms with Gasteiger partial charge in [0, 0.05) is 13.3 Å². The Balaban J connectivity index is 1.18. The Morgan fingerprint density at radius 3 is 2.42 bits per heavy atom. The molecule has 11 atom stereocenters. The molecule has 3 saturated heterocycles. The minimum absolute atomic E-state index is 0.0475. The molecule has 3 fully saturated rings. The fourth-order valence-corrected chi connectivity index (χ4v) is 5.45. The monoisotopic (exact) mass is 625 g/mol. The van der Waals surface area contributed by atoms with E-state index in [0.717, 1.165) is 5.56 Å². The van der Waals surface area contributed by atoms with E-state index in [0.29, 0.717) is 22.7 Å². The smallest absolute Gasteiger partial charge is 0.221 e. The lowest BCUT2D eigenvalue weighted by atomic mass is 9.96. The highest BCUT2D eigenvalue weighted by Crippen LogP contribution is 2.33. The number of rotatable bonds is 9. The normalized spacial score (nSPS) is 36.1. The number of hydrogen-bond donors (Lipinski definition) is 6. The van der Waals surface area contributed by atoms with Gasteiger partial charge in [-0.15, -0.1) is 0 Å². The summed E-state index contributed by atoms with van der Waals surface area (Å²) in [5, 5.41) is 56.3. The van der Waals surface area contributed by atoms with Crippen molar-refractivity contribution in [1.82, 2.24) is 0 Å². The maximum absolute atomic E-state index is 11.4. The molecule has 1 amide bonds. The molecule has 14 heteroatoms. The lowest BCUT2D eigenvalue weighted by molar-refractivity contribution is -0.384. The zero-order chi connectivity index (χ0) is 30.7. The topological polar surface area (TPSA) is 186 Å². The number of anilines is 1. The molecule has 236 valence electrons. The Bertz CT molecular complexity index is 1220. The van der Waals surface area contributed by atoms with E-state index in [2.05, 4.69) is 5.32 Å². The molecule has 13 nitrogen and oxygen atoms in total. The van der Waals surface area contributed by atoms with Gasteiger partial charge in [-0.3, -0.25) is 4.79 Å². The van der Waals surface area contributed by atoms with Crippen molar-refractivity contribution in [3.63, 3.8) is 0 Å². The highest BCUT2D eigenvalue weighted by Gasteiger charge is 2.52. The van der Waals surface area contributed by atoms with Crippen molar-refractivity contribution in [2.45, 2.75) is 87.7 Å². The third kappa shape index (κ3) is 7.53. The molecule has 6 N–H and O–H groups in total. The molecule has 3 aliphatic rings. The van der Waals surface area contributed by atoms with Gasteiger partial charge in [-0.1, -0.05) is 48.0 Å². The summed E-state index contributed by atoms with van der Waals surface area (Å²) in [6.07, 6.45) is -13.5. The van der Waals surface area contributed by atoms with E-state index in [9.17, 15) is 30.3 Å². The van der Waals surface area contributed by atoms with Crippen LogP contribution in [-0.2, 0) is 46.2 Å². The molecular weight excluding hydrogens is 590 g/mol. The average Bonchev–Trinajstić information content (AvgIpc) is 2.99. The van der Waals surface area contributed by atoms with Gasteiger partial charge in [0.1, 0.15) is 48.8 Å². The highest BCUT2D eigenvalue weighted by molar-refractivity contribution is 6.33. The number of halogens is 1. The van der Waals surface area contributed by atoms with Gasteiger partial charge in [-0.2, -0.15) is 0 Å². The summed E-state index contributed by atoms with van der Waals surface area (Å²) >= 11 is 6.11. The number of aliphatic hydroxyl groups is 5. The second kappa shape index (κ2) is 14.2. The summed E-state index contributed by atoms with van der Waals surface area (Å²) in [4.78, 5) is 11.4. The zero-order valence-electron chi connectivity index (χ0n) is 23.3. The number of benzene rings is 2. The van der Waals surface area contributed by atoms with E-state index < -0.39 is 74.3 Å². The van der Waals surface area contributed by atoms with E-state index in [1.54, 1.807) is 18.2 Å². The second-order valence-electron chi connectivity index (χ2n) is 10.7. The minimum Gasteiger partial charge on any atom is -0.394 e. The van der Waals surface area contributed by atoms with E-state index in [1.807, 2.05) is 30.3 Å². The van der Waals surface area contributed by atoms with Crippen molar-refractivity contribution in [3.05, 3.63) is 64.7 Å². The standard InChI is InChI=1S/C29H36ClNO12/c1-14(33)31-18-9-16(7-8-17(18)30)12-39-28-24(36)22(34)26(19(11-32)40-28)43-29-25(37)23(35)27-20(41-29)13-38-21(42-27)10-15-5-3-2-4-6-15/h2-9,19-29,32,34-37H,10-13H2,1H3,(H,31,33)/t19-,20-,21?,22-,23-,24-,25-,26-,27-,28-,29-/m1/s1. The Morgan fingerprint density at radius 2 is 1.70 bits per heavy atom. The molecule has 43 heavy (non-hydrogen) atoms. The van der Waals surface area contributed by atoms with Crippen molar-refractivity contribution in [2.24, 2.45) is 0 Å². The Morgan fingerprint density at radius 1 is 0.953 bits per heavy atom. The SMILES string of the molecule is CC(=O)Nc1cc(CO[C@@H]2O[C@H](CO)[C@@H](O[C@H]3O[C@@H]4COC(Cc5ccccc5)O[C@H]4[C@H](O)[C@H]3O)[C@H](O)[C@H]2O)ccc1Cl. The largest absolute Gasteiger partial charge is 0.394 e. The molecule has 3 heterocycles. The number of carbonyl (C=O) groups excluding carboxylic acids is 1. The highest BCUT2D eigenvalue weighted by atomic mass is 35.5. The maximum atomic E-state index is 11.4. The van der Waals surface area contributed by atoms with Crippen molar-refractivity contribution in [1.29, 1.82) is 0 Å². The summed E-state index contributed by atoms with van der Waals surface area (Å²) < 4.78 is 34.7. The van der Waals surface area contributed by atoms with Gasteiger partial charge < -0.3 is 59.3 Å². The number of nitrogens with one attached hydrogen (secondary N) is 1. The molecule has 5 rings (SSSR count). The van der Waals surface area contributed by atoms with E-state index >= 15 is 0 Å². The van der Waals surface area contributed by atoms with Crippen LogP contribution in [-0.4, -0.2) is 112 Å². The van der Waals surface area contributed by atoms with Crippen molar-refractivity contribution in [2.75, 3.05) is 18.5 Å². The molecule has 0 aliphatic carbocycles. The zero-order valence-corrected chi connectivity index (χ0v) is 24.0. The molecule has 2 aromatic rings. The molecule has 1 unspecified atom stereocenters. The van der Waals surface area contributed by atoms with Gasteiger partial charge in [0.15, 0.2) is 18.9 Å². The van der Waals surface area contributed by atoms with E-state index in [1.165, 1.54) is 6.92 Å². The Labute approximate surface area is 252 Å². The number of aliphatic hydroxyl groups excluding tert-OH is 5. The molecular formula is C29H36ClNO12. The first kappa shape index (κ1) is 32.2.